The SMILES string of the molecule is Cc1[nH]c2ccccc2c1CCNC(=O)CCCCC(=O)O. The fraction of sp³-hybridized carbons (Fsp3) is 0.412. The van der Waals surface area contributed by atoms with Gasteiger partial charge in [-0.1, -0.05) is 18.2 Å². The van der Waals surface area contributed by atoms with Crippen LogP contribution in [0.3, 0.4) is 0 Å². The van der Waals surface area contributed by atoms with Crippen molar-refractivity contribution in [3.63, 3.8) is 0 Å². The van der Waals surface area contributed by atoms with Crippen LogP contribution in [-0.2, 0) is 16.0 Å². The Morgan fingerprint density at radius 3 is 2.68 bits per heavy atom. The summed E-state index contributed by atoms with van der Waals surface area (Å²) in [4.78, 5) is 25.4. The second kappa shape index (κ2) is 7.64. The minimum Gasteiger partial charge on any atom is -0.481 e. The quantitative estimate of drug-likeness (QED) is 0.656. The van der Waals surface area contributed by atoms with E-state index in [1.165, 1.54) is 10.9 Å². The van der Waals surface area contributed by atoms with Crippen molar-refractivity contribution in [2.24, 2.45) is 0 Å². The van der Waals surface area contributed by atoms with Gasteiger partial charge in [-0.2, -0.15) is 0 Å². The fourth-order valence-electron chi connectivity index (χ4n) is 2.63. The minimum absolute atomic E-state index is 0.0112. The number of fused-ring (bicyclic) bond motifs is 1. The monoisotopic (exact) mass is 302 g/mol. The maximum atomic E-state index is 11.7. The van der Waals surface area contributed by atoms with Gasteiger partial charge >= 0.3 is 5.97 Å². The van der Waals surface area contributed by atoms with E-state index in [9.17, 15) is 9.59 Å². The van der Waals surface area contributed by atoms with E-state index in [0.717, 1.165) is 17.6 Å². The summed E-state index contributed by atoms with van der Waals surface area (Å²) >= 11 is 0. The molecule has 5 nitrogen and oxygen atoms in total. The van der Waals surface area contributed by atoms with E-state index < -0.39 is 5.97 Å². The van der Waals surface area contributed by atoms with Crippen LogP contribution in [0.4, 0.5) is 0 Å². The van der Waals surface area contributed by atoms with Gasteiger partial charge in [0, 0.05) is 36.0 Å². The number of hydrogen-bond acceptors (Lipinski definition) is 2. The van der Waals surface area contributed by atoms with Crippen molar-refractivity contribution in [2.45, 2.75) is 39.0 Å². The highest BCUT2D eigenvalue weighted by Gasteiger charge is 2.08. The third-order valence-electron chi connectivity index (χ3n) is 3.77. The Morgan fingerprint density at radius 2 is 1.91 bits per heavy atom. The van der Waals surface area contributed by atoms with Crippen LogP contribution in [0.2, 0.25) is 0 Å². The lowest BCUT2D eigenvalue weighted by Crippen LogP contribution is -2.25. The number of hydrogen-bond donors (Lipinski definition) is 3. The number of para-hydroxylation sites is 1. The number of carbonyl (C=O) groups is 2. The number of H-pyrrole nitrogens is 1. The molecule has 118 valence electrons. The van der Waals surface area contributed by atoms with Crippen molar-refractivity contribution in [1.82, 2.24) is 10.3 Å². The van der Waals surface area contributed by atoms with E-state index in [4.69, 9.17) is 5.11 Å². The van der Waals surface area contributed by atoms with Crippen LogP contribution in [0, 0.1) is 6.92 Å². The zero-order chi connectivity index (χ0) is 15.9. The second-order valence-corrected chi connectivity index (χ2v) is 5.47. The van der Waals surface area contributed by atoms with E-state index in [1.54, 1.807) is 0 Å². The standard InChI is InChI=1S/C17H22N2O3/c1-12-13(14-6-2-3-7-15(14)19-12)10-11-18-16(20)8-4-5-9-17(21)22/h2-3,6-7,19H,4-5,8-11H2,1H3,(H,18,20)(H,21,22). The maximum Gasteiger partial charge on any atom is 0.303 e. The number of aliphatic carboxylic acids is 1. The number of aryl methyl sites for hydroxylation is 1. The van der Waals surface area contributed by atoms with Gasteiger partial charge in [0.05, 0.1) is 0 Å². The number of nitrogens with one attached hydrogen (secondary N) is 2. The Labute approximate surface area is 129 Å². The zero-order valence-electron chi connectivity index (χ0n) is 12.8. The van der Waals surface area contributed by atoms with Crippen molar-refractivity contribution in [2.75, 3.05) is 6.54 Å². The molecule has 0 spiro atoms. The number of aromatic nitrogens is 1. The van der Waals surface area contributed by atoms with Crippen molar-refractivity contribution in [3.05, 3.63) is 35.5 Å². The molecule has 0 fully saturated rings. The maximum absolute atomic E-state index is 11.7. The number of amides is 1. The molecule has 5 heteroatoms. The smallest absolute Gasteiger partial charge is 0.303 e. The Bertz CT molecular complexity index is 661. The van der Waals surface area contributed by atoms with Gasteiger partial charge in [-0.05, 0) is 37.8 Å². The van der Waals surface area contributed by atoms with E-state index in [1.807, 2.05) is 25.1 Å². The van der Waals surface area contributed by atoms with Crippen molar-refractivity contribution < 1.29 is 14.7 Å². The van der Waals surface area contributed by atoms with Crippen molar-refractivity contribution in [1.29, 1.82) is 0 Å². The molecular formula is C17H22N2O3. The summed E-state index contributed by atoms with van der Waals surface area (Å²) in [6, 6.07) is 8.15. The van der Waals surface area contributed by atoms with Gasteiger partial charge in [0.15, 0.2) is 0 Å². The van der Waals surface area contributed by atoms with Crippen molar-refractivity contribution >= 4 is 22.8 Å². The van der Waals surface area contributed by atoms with Crippen LogP contribution in [-0.4, -0.2) is 28.5 Å². The van der Waals surface area contributed by atoms with E-state index in [-0.39, 0.29) is 12.3 Å². The minimum atomic E-state index is -0.810. The third-order valence-corrected chi connectivity index (χ3v) is 3.77. The normalized spacial score (nSPS) is 10.8. The molecule has 1 aromatic heterocycles. The lowest BCUT2D eigenvalue weighted by molar-refractivity contribution is -0.137. The molecule has 0 bridgehead atoms. The molecule has 0 aliphatic heterocycles. The lowest BCUT2D eigenvalue weighted by atomic mass is 10.1. The fourth-order valence-corrected chi connectivity index (χ4v) is 2.63. The molecule has 0 radical (unpaired) electrons. The summed E-state index contributed by atoms with van der Waals surface area (Å²) < 4.78 is 0. The topological polar surface area (TPSA) is 82.2 Å². The molecule has 1 amide bonds. The first kappa shape index (κ1) is 16.1. The summed E-state index contributed by atoms with van der Waals surface area (Å²) in [5, 5.41) is 12.6. The molecule has 0 aliphatic carbocycles. The predicted octanol–water partition coefficient (Wildman–Crippen LogP) is 2.78. The van der Waals surface area contributed by atoms with Crippen LogP contribution in [0.15, 0.2) is 24.3 Å². The summed E-state index contributed by atoms with van der Waals surface area (Å²) in [5.41, 5.74) is 3.49. The van der Waals surface area contributed by atoms with Gasteiger partial charge in [-0.3, -0.25) is 9.59 Å². The highest BCUT2D eigenvalue weighted by Crippen LogP contribution is 2.21. The number of carboxylic acids is 1. The van der Waals surface area contributed by atoms with Gasteiger partial charge in [-0.25, -0.2) is 0 Å². The first-order chi connectivity index (χ1) is 10.6. The Kier molecular flexibility index (Phi) is 5.58. The number of aromatic amines is 1. The highest BCUT2D eigenvalue weighted by molar-refractivity contribution is 5.84. The Morgan fingerprint density at radius 1 is 1.18 bits per heavy atom. The molecule has 0 saturated carbocycles. The van der Waals surface area contributed by atoms with Crippen LogP contribution in [0.25, 0.3) is 10.9 Å². The van der Waals surface area contributed by atoms with Crippen LogP contribution in [0.5, 0.6) is 0 Å². The summed E-state index contributed by atoms with van der Waals surface area (Å²) in [5.74, 6) is -0.821. The zero-order valence-corrected chi connectivity index (χ0v) is 12.8. The summed E-state index contributed by atoms with van der Waals surface area (Å²) in [6.07, 6.45) is 2.47. The number of benzene rings is 1. The molecule has 0 unspecified atom stereocenters. The van der Waals surface area contributed by atoms with E-state index in [0.29, 0.717) is 25.8 Å². The van der Waals surface area contributed by atoms with E-state index in [2.05, 4.69) is 16.4 Å². The van der Waals surface area contributed by atoms with Gasteiger partial charge in [-0.15, -0.1) is 0 Å². The van der Waals surface area contributed by atoms with Crippen LogP contribution >= 0.6 is 0 Å². The average Bonchev–Trinajstić information content (AvgIpc) is 2.80. The van der Waals surface area contributed by atoms with E-state index >= 15 is 0 Å². The second-order valence-electron chi connectivity index (χ2n) is 5.47. The Balaban J connectivity index is 1.77. The number of unbranched alkanes of at least 4 members (excludes halogenated alkanes) is 1. The lowest BCUT2D eigenvalue weighted by Gasteiger charge is -2.05. The summed E-state index contributed by atoms with van der Waals surface area (Å²) in [6.45, 7) is 2.64. The third kappa shape index (κ3) is 4.35. The molecule has 1 aromatic carbocycles. The molecule has 1 heterocycles. The molecule has 0 atom stereocenters. The largest absolute Gasteiger partial charge is 0.481 e. The van der Waals surface area contributed by atoms with Crippen LogP contribution < -0.4 is 5.32 Å². The molecule has 2 aromatic rings. The summed E-state index contributed by atoms with van der Waals surface area (Å²) in [7, 11) is 0. The van der Waals surface area contributed by atoms with Crippen molar-refractivity contribution in [3.8, 4) is 0 Å². The average molecular weight is 302 g/mol. The predicted molar refractivity (Wildman–Crippen MR) is 85.9 cm³/mol. The van der Waals surface area contributed by atoms with Gasteiger partial charge in [0.25, 0.3) is 0 Å². The van der Waals surface area contributed by atoms with Gasteiger partial charge in [0.2, 0.25) is 5.91 Å². The first-order valence-corrected chi connectivity index (χ1v) is 7.62. The number of carbonyl (C=O) groups excluding carboxylic acids is 1. The molecule has 0 aliphatic rings. The first-order valence-electron chi connectivity index (χ1n) is 7.62. The molecule has 2 rings (SSSR count). The number of carboxylic acid groups (broad SMARTS) is 1. The number of rotatable bonds is 8. The molecule has 22 heavy (non-hydrogen) atoms. The van der Waals surface area contributed by atoms with Crippen LogP contribution in [0.1, 0.15) is 36.9 Å². The molecular weight excluding hydrogens is 280 g/mol. The Hall–Kier alpha value is -2.30. The highest BCUT2D eigenvalue weighted by atomic mass is 16.4. The van der Waals surface area contributed by atoms with Gasteiger partial charge in [0.1, 0.15) is 0 Å². The molecule has 0 saturated heterocycles. The van der Waals surface area contributed by atoms with Gasteiger partial charge < -0.3 is 15.4 Å². The molecule has 3 N–H and O–H groups in total.